The van der Waals surface area contributed by atoms with Crippen LogP contribution in [0.15, 0.2) is 0 Å². The summed E-state index contributed by atoms with van der Waals surface area (Å²) in [5.41, 5.74) is 7.78. The summed E-state index contributed by atoms with van der Waals surface area (Å²) in [4.78, 5) is 15.4. The fourth-order valence-corrected chi connectivity index (χ4v) is 0.780. The van der Waals surface area contributed by atoms with Crippen LogP contribution in [0.1, 0.15) is 20.3 Å². The van der Waals surface area contributed by atoms with E-state index in [0.717, 1.165) is 0 Å². The van der Waals surface area contributed by atoms with E-state index in [9.17, 15) is 4.79 Å². The zero-order valence-corrected chi connectivity index (χ0v) is 7.26. The largest absolute Gasteiger partial charge is 0.370 e. The molecule has 0 aliphatic heterocycles. The molecule has 0 saturated heterocycles. The molecule has 0 fully saturated rings. The van der Waals surface area contributed by atoms with E-state index in [-0.39, 0.29) is 0 Å². The van der Waals surface area contributed by atoms with Crippen molar-refractivity contribution < 1.29 is 9.63 Å². The van der Waals surface area contributed by atoms with Gasteiger partial charge in [0.1, 0.15) is 6.04 Å². The molecule has 1 atom stereocenters. The Morgan fingerprint density at radius 2 is 2.18 bits per heavy atom. The lowest BCUT2D eigenvalue weighted by Gasteiger charge is -2.11. The van der Waals surface area contributed by atoms with Crippen molar-refractivity contribution in [3.05, 3.63) is 0 Å². The first-order valence-corrected chi connectivity index (χ1v) is 3.71. The summed E-state index contributed by atoms with van der Waals surface area (Å²) in [6.45, 7) is 4.01. The summed E-state index contributed by atoms with van der Waals surface area (Å²) < 4.78 is 0. The zero-order valence-electron chi connectivity index (χ0n) is 7.26. The molecule has 0 heterocycles. The molecule has 4 nitrogen and oxygen atoms in total. The van der Waals surface area contributed by atoms with Crippen molar-refractivity contribution in [2.75, 3.05) is 7.05 Å². The van der Waals surface area contributed by atoms with E-state index >= 15 is 0 Å². The Labute approximate surface area is 67.0 Å². The summed E-state index contributed by atoms with van der Waals surface area (Å²) in [7, 11) is 1.53. The van der Waals surface area contributed by atoms with Crippen LogP contribution in [0.5, 0.6) is 0 Å². The third kappa shape index (κ3) is 4.75. The fraction of sp³-hybridized carbons (Fsp3) is 0.857. The maximum Gasteiger partial charge on any atom is 0.341 e. The molecule has 0 aliphatic carbocycles. The van der Waals surface area contributed by atoms with Crippen molar-refractivity contribution in [3.63, 3.8) is 0 Å². The third-order valence-electron chi connectivity index (χ3n) is 1.23. The highest BCUT2D eigenvalue weighted by molar-refractivity contribution is 5.75. The van der Waals surface area contributed by atoms with Crippen LogP contribution in [0.25, 0.3) is 0 Å². The molecule has 0 aromatic heterocycles. The van der Waals surface area contributed by atoms with Gasteiger partial charge in [-0.2, -0.15) is 5.48 Å². The first-order chi connectivity index (χ1) is 5.07. The van der Waals surface area contributed by atoms with Crippen LogP contribution in [-0.4, -0.2) is 19.1 Å². The number of nitrogens with two attached hydrogens (primary N) is 1. The van der Waals surface area contributed by atoms with Gasteiger partial charge in [-0.1, -0.05) is 13.8 Å². The maximum atomic E-state index is 10.9. The number of hydrogen-bond acceptors (Lipinski definition) is 4. The predicted molar refractivity (Wildman–Crippen MR) is 42.6 cm³/mol. The number of nitrogens with one attached hydrogen (secondary N) is 1. The highest BCUT2D eigenvalue weighted by Crippen LogP contribution is 2.02. The zero-order chi connectivity index (χ0) is 8.85. The van der Waals surface area contributed by atoms with Crippen molar-refractivity contribution in [1.82, 2.24) is 5.48 Å². The number of hydroxylamine groups is 1. The number of rotatable bonds is 4. The Hall–Kier alpha value is -0.610. The molecule has 0 aromatic rings. The molecule has 3 N–H and O–H groups in total. The second-order valence-corrected chi connectivity index (χ2v) is 2.86. The molecular formula is C7H16N2O2. The van der Waals surface area contributed by atoms with Gasteiger partial charge in [0.2, 0.25) is 0 Å². The van der Waals surface area contributed by atoms with Gasteiger partial charge in [0.15, 0.2) is 0 Å². The van der Waals surface area contributed by atoms with Crippen molar-refractivity contribution >= 4 is 5.97 Å². The summed E-state index contributed by atoms with van der Waals surface area (Å²) >= 11 is 0. The molecule has 0 rings (SSSR count). The lowest BCUT2D eigenvalue weighted by Crippen LogP contribution is -2.35. The molecule has 0 aliphatic rings. The topological polar surface area (TPSA) is 64.3 Å². The average molecular weight is 160 g/mol. The molecule has 0 aromatic carbocycles. The van der Waals surface area contributed by atoms with Gasteiger partial charge < -0.3 is 10.6 Å². The standard InChI is InChI=1S/C7H16N2O2/c1-5(2)4-6(8)7(10)11-9-3/h5-6,9H,4,8H2,1-3H3. The average Bonchev–Trinajstić information content (AvgIpc) is 1.86. The molecule has 0 bridgehead atoms. The second-order valence-electron chi connectivity index (χ2n) is 2.86. The van der Waals surface area contributed by atoms with Crippen LogP contribution in [0.2, 0.25) is 0 Å². The number of hydrogen-bond donors (Lipinski definition) is 2. The summed E-state index contributed by atoms with van der Waals surface area (Å²) in [5.74, 6) is 0.00982. The third-order valence-corrected chi connectivity index (χ3v) is 1.23. The maximum absolute atomic E-state index is 10.9. The van der Waals surface area contributed by atoms with E-state index in [0.29, 0.717) is 12.3 Å². The van der Waals surface area contributed by atoms with Gasteiger partial charge in [-0.05, 0) is 12.3 Å². The predicted octanol–water partition coefficient (Wildman–Crippen LogP) is 0.0374. The minimum absolute atomic E-state index is 0.402. The van der Waals surface area contributed by atoms with E-state index in [2.05, 4.69) is 10.3 Å². The molecule has 0 amide bonds. The van der Waals surface area contributed by atoms with Crippen LogP contribution in [0.3, 0.4) is 0 Å². The van der Waals surface area contributed by atoms with Crippen LogP contribution in [0.4, 0.5) is 0 Å². The van der Waals surface area contributed by atoms with E-state index in [1.54, 1.807) is 0 Å². The molecular weight excluding hydrogens is 144 g/mol. The number of carbonyl (C=O) groups excluding carboxylic acids is 1. The molecule has 66 valence electrons. The molecule has 0 saturated carbocycles. The summed E-state index contributed by atoms with van der Waals surface area (Å²) in [6.07, 6.45) is 0.653. The summed E-state index contributed by atoms with van der Waals surface area (Å²) in [6, 6.07) is -0.512. The monoisotopic (exact) mass is 160 g/mol. The molecule has 4 heteroatoms. The van der Waals surface area contributed by atoms with Crippen molar-refractivity contribution in [2.24, 2.45) is 11.7 Å². The van der Waals surface area contributed by atoms with E-state index in [4.69, 9.17) is 5.73 Å². The second kappa shape index (κ2) is 5.09. The number of carbonyl (C=O) groups is 1. The Morgan fingerprint density at radius 1 is 1.64 bits per heavy atom. The smallest absolute Gasteiger partial charge is 0.341 e. The van der Waals surface area contributed by atoms with E-state index in [1.165, 1.54) is 7.05 Å². The molecule has 0 radical (unpaired) electrons. The lowest BCUT2D eigenvalue weighted by molar-refractivity contribution is -0.151. The van der Waals surface area contributed by atoms with E-state index < -0.39 is 12.0 Å². The SMILES string of the molecule is CNOC(=O)C(N)CC(C)C. The normalized spacial score (nSPS) is 13.2. The highest BCUT2D eigenvalue weighted by atomic mass is 16.7. The van der Waals surface area contributed by atoms with Gasteiger partial charge in [0, 0.05) is 7.05 Å². The van der Waals surface area contributed by atoms with Gasteiger partial charge >= 0.3 is 5.97 Å². The minimum atomic E-state index is -0.512. The van der Waals surface area contributed by atoms with Crippen molar-refractivity contribution in [3.8, 4) is 0 Å². The van der Waals surface area contributed by atoms with Crippen LogP contribution in [-0.2, 0) is 9.63 Å². The molecule has 11 heavy (non-hydrogen) atoms. The van der Waals surface area contributed by atoms with Gasteiger partial charge in [0.25, 0.3) is 0 Å². The molecule has 0 spiro atoms. The Bertz CT molecular complexity index is 126. The van der Waals surface area contributed by atoms with Gasteiger partial charge in [-0.3, -0.25) is 0 Å². The van der Waals surface area contributed by atoms with Gasteiger partial charge in [-0.15, -0.1) is 0 Å². The first-order valence-electron chi connectivity index (χ1n) is 3.71. The summed E-state index contributed by atoms with van der Waals surface area (Å²) in [5, 5.41) is 0. The van der Waals surface area contributed by atoms with Gasteiger partial charge in [-0.25, -0.2) is 4.79 Å². The molecule has 1 unspecified atom stereocenters. The van der Waals surface area contributed by atoms with E-state index in [1.807, 2.05) is 13.8 Å². The van der Waals surface area contributed by atoms with Crippen molar-refractivity contribution in [1.29, 1.82) is 0 Å². The Balaban J connectivity index is 3.64. The Morgan fingerprint density at radius 3 is 2.55 bits per heavy atom. The fourth-order valence-electron chi connectivity index (χ4n) is 0.780. The van der Waals surface area contributed by atoms with Crippen molar-refractivity contribution in [2.45, 2.75) is 26.3 Å². The first kappa shape index (κ1) is 10.4. The lowest BCUT2D eigenvalue weighted by atomic mass is 10.1. The highest BCUT2D eigenvalue weighted by Gasteiger charge is 2.15. The van der Waals surface area contributed by atoms with Crippen LogP contribution in [0, 0.1) is 5.92 Å². The van der Waals surface area contributed by atoms with Crippen LogP contribution >= 0.6 is 0 Å². The minimum Gasteiger partial charge on any atom is -0.370 e. The Kier molecular flexibility index (Phi) is 4.81. The van der Waals surface area contributed by atoms with Crippen LogP contribution < -0.4 is 11.2 Å². The van der Waals surface area contributed by atoms with Gasteiger partial charge in [0.05, 0.1) is 0 Å². The quantitative estimate of drug-likeness (QED) is 0.570.